The number of esters is 1. The number of aromatic nitrogens is 2. The summed E-state index contributed by atoms with van der Waals surface area (Å²) in [5.41, 5.74) is 9.12. The maximum absolute atomic E-state index is 11.7. The number of nitrogens with two attached hydrogens (primary N) is 1. The zero-order valence-electron chi connectivity index (χ0n) is 11.3. The van der Waals surface area contributed by atoms with E-state index < -0.39 is 5.97 Å². The van der Waals surface area contributed by atoms with Gasteiger partial charge in [0.15, 0.2) is 11.5 Å². The smallest absolute Gasteiger partial charge is 0.358 e. The Kier molecular flexibility index (Phi) is 3.55. The lowest BCUT2D eigenvalue weighted by Crippen LogP contribution is -2.07. The second-order valence-electron chi connectivity index (χ2n) is 4.38. The molecule has 100 valence electrons. The second kappa shape index (κ2) is 5.14. The zero-order chi connectivity index (χ0) is 14.0. The largest absolute Gasteiger partial charge is 0.461 e. The van der Waals surface area contributed by atoms with E-state index >= 15 is 0 Å². The molecule has 1 aromatic heterocycles. The van der Waals surface area contributed by atoms with Crippen LogP contribution in [-0.4, -0.2) is 22.5 Å². The summed E-state index contributed by atoms with van der Waals surface area (Å²) in [5.74, 6) is 0.259. The Morgan fingerprint density at radius 1 is 1.42 bits per heavy atom. The predicted octanol–water partition coefficient (Wildman–Crippen LogP) is 2.45. The predicted molar refractivity (Wildman–Crippen MR) is 73.9 cm³/mol. The minimum absolute atomic E-state index is 0.161. The molecule has 0 atom stereocenters. The molecule has 19 heavy (non-hydrogen) atoms. The molecule has 0 saturated heterocycles. The number of aromatic amines is 1. The molecule has 0 unspecified atom stereocenters. The van der Waals surface area contributed by atoms with E-state index in [-0.39, 0.29) is 11.5 Å². The average molecular weight is 259 g/mol. The van der Waals surface area contributed by atoms with Crippen molar-refractivity contribution in [2.45, 2.75) is 20.8 Å². The van der Waals surface area contributed by atoms with Gasteiger partial charge in [-0.25, -0.2) is 9.78 Å². The van der Waals surface area contributed by atoms with Gasteiger partial charge in [0.2, 0.25) is 0 Å². The van der Waals surface area contributed by atoms with Crippen LogP contribution in [0, 0.1) is 13.8 Å². The van der Waals surface area contributed by atoms with Crippen LogP contribution in [0.5, 0.6) is 0 Å². The summed E-state index contributed by atoms with van der Waals surface area (Å²) >= 11 is 0. The molecule has 0 aliphatic heterocycles. The summed E-state index contributed by atoms with van der Waals surface area (Å²) < 4.78 is 4.92. The van der Waals surface area contributed by atoms with E-state index in [2.05, 4.69) is 16.0 Å². The molecule has 0 saturated carbocycles. The number of benzene rings is 1. The average Bonchev–Trinajstić information content (AvgIpc) is 2.71. The Balaban J connectivity index is 2.42. The Bertz CT molecular complexity index is 617. The Hall–Kier alpha value is -2.30. The highest BCUT2D eigenvalue weighted by Gasteiger charge is 2.17. The second-order valence-corrected chi connectivity index (χ2v) is 4.38. The summed E-state index contributed by atoms with van der Waals surface area (Å²) in [4.78, 5) is 18.8. The van der Waals surface area contributed by atoms with Crippen molar-refractivity contribution in [1.29, 1.82) is 0 Å². The standard InChI is InChI=1S/C14H17N3O2/c1-4-19-14(18)11-12(15)17-13(16-11)10-6-5-8(2)7-9(10)3/h5-7H,4,15H2,1-3H3,(H,16,17). The first-order valence-electron chi connectivity index (χ1n) is 6.13. The summed E-state index contributed by atoms with van der Waals surface area (Å²) in [6, 6.07) is 6.00. The third kappa shape index (κ3) is 2.59. The van der Waals surface area contributed by atoms with E-state index in [1.165, 1.54) is 5.56 Å². The summed E-state index contributed by atoms with van der Waals surface area (Å²) in [5, 5.41) is 0. The number of anilines is 1. The number of hydrogen-bond donors (Lipinski definition) is 2. The maximum Gasteiger partial charge on any atom is 0.358 e. The highest BCUT2D eigenvalue weighted by molar-refractivity contribution is 5.93. The molecule has 1 heterocycles. The van der Waals surface area contributed by atoms with E-state index in [0.717, 1.165) is 11.1 Å². The molecule has 0 spiro atoms. The molecule has 0 aliphatic rings. The van der Waals surface area contributed by atoms with Crippen LogP contribution in [-0.2, 0) is 4.74 Å². The van der Waals surface area contributed by atoms with Gasteiger partial charge in [-0.15, -0.1) is 0 Å². The van der Waals surface area contributed by atoms with Crippen LogP contribution in [0.15, 0.2) is 18.2 Å². The van der Waals surface area contributed by atoms with Crippen LogP contribution in [0.3, 0.4) is 0 Å². The van der Waals surface area contributed by atoms with Gasteiger partial charge in [-0.3, -0.25) is 0 Å². The molecular weight excluding hydrogens is 242 g/mol. The molecule has 0 fully saturated rings. The van der Waals surface area contributed by atoms with Gasteiger partial charge in [0.05, 0.1) is 6.61 Å². The molecule has 2 rings (SSSR count). The highest BCUT2D eigenvalue weighted by atomic mass is 16.5. The highest BCUT2D eigenvalue weighted by Crippen LogP contribution is 2.24. The maximum atomic E-state index is 11.7. The van der Waals surface area contributed by atoms with E-state index in [1.54, 1.807) is 6.92 Å². The van der Waals surface area contributed by atoms with Gasteiger partial charge in [0, 0.05) is 5.56 Å². The Labute approximate surface area is 111 Å². The van der Waals surface area contributed by atoms with E-state index in [4.69, 9.17) is 10.5 Å². The van der Waals surface area contributed by atoms with Crippen LogP contribution >= 0.6 is 0 Å². The number of nitrogens with zero attached hydrogens (tertiary/aromatic N) is 1. The van der Waals surface area contributed by atoms with Crippen LogP contribution in [0.25, 0.3) is 11.4 Å². The first-order valence-corrected chi connectivity index (χ1v) is 6.13. The number of nitrogen functional groups attached to an aromatic ring is 1. The number of imidazole rings is 1. The topological polar surface area (TPSA) is 81.0 Å². The third-order valence-electron chi connectivity index (χ3n) is 2.85. The van der Waals surface area contributed by atoms with Crippen LogP contribution in [0.1, 0.15) is 28.5 Å². The first kappa shape index (κ1) is 13.1. The monoisotopic (exact) mass is 259 g/mol. The van der Waals surface area contributed by atoms with E-state index in [0.29, 0.717) is 12.4 Å². The quantitative estimate of drug-likeness (QED) is 0.829. The minimum atomic E-state index is -0.483. The Morgan fingerprint density at radius 3 is 2.79 bits per heavy atom. The molecule has 1 aromatic carbocycles. The van der Waals surface area contributed by atoms with Crippen LogP contribution < -0.4 is 5.73 Å². The number of hydrogen-bond acceptors (Lipinski definition) is 4. The van der Waals surface area contributed by atoms with Crippen LogP contribution in [0.4, 0.5) is 5.82 Å². The molecule has 5 nitrogen and oxygen atoms in total. The zero-order valence-corrected chi connectivity index (χ0v) is 11.3. The number of carbonyl (C=O) groups is 1. The van der Waals surface area contributed by atoms with Crippen molar-refractivity contribution in [3.05, 3.63) is 35.0 Å². The number of nitrogens with one attached hydrogen (secondary N) is 1. The third-order valence-corrected chi connectivity index (χ3v) is 2.85. The van der Waals surface area contributed by atoms with Gasteiger partial charge >= 0.3 is 5.97 Å². The number of ether oxygens (including phenoxy) is 1. The fourth-order valence-corrected chi connectivity index (χ4v) is 1.95. The normalized spacial score (nSPS) is 10.5. The molecule has 2 aromatic rings. The van der Waals surface area contributed by atoms with Crippen molar-refractivity contribution in [1.82, 2.24) is 9.97 Å². The summed E-state index contributed by atoms with van der Waals surface area (Å²) in [7, 11) is 0. The fourth-order valence-electron chi connectivity index (χ4n) is 1.95. The van der Waals surface area contributed by atoms with Gasteiger partial charge in [-0.1, -0.05) is 23.8 Å². The first-order chi connectivity index (χ1) is 9.02. The van der Waals surface area contributed by atoms with Crippen molar-refractivity contribution in [3.8, 4) is 11.4 Å². The molecule has 0 bridgehead atoms. The van der Waals surface area contributed by atoms with Crippen molar-refractivity contribution in [3.63, 3.8) is 0 Å². The Morgan fingerprint density at radius 2 is 2.16 bits per heavy atom. The molecule has 3 N–H and O–H groups in total. The summed E-state index contributed by atoms with van der Waals surface area (Å²) in [6.07, 6.45) is 0. The van der Waals surface area contributed by atoms with E-state index in [1.807, 2.05) is 26.0 Å². The number of rotatable bonds is 3. The number of H-pyrrole nitrogens is 1. The molecule has 0 radical (unpaired) electrons. The van der Waals surface area contributed by atoms with Crippen molar-refractivity contribution in [2.75, 3.05) is 12.3 Å². The lowest BCUT2D eigenvalue weighted by atomic mass is 10.1. The van der Waals surface area contributed by atoms with Crippen molar-refractivity contribution < 1.29 is 9.53 Å². The lowest BCUT2D eigenvalue weighted by molar-refractivity contribution is 0.0521. The number of carbonyl (C=O) groups excluding carboxylic acids is 1. The van der Waals surface area contributed by atoms with Gasteiger partial charge in [0.1, 0.15) is 5.82 Å². The van der Waals surface area contributed by atoms with Crippen molar-refractivity contribution >= 4 is 11.8 Å². The van der Waals surface area contributed by atoms with Gasteiger partial charge in [-0.2, -0.15) is 0 Å². The number of aryl methyl sites for hydroxylation is 2. The van der Waals surface area contributed by atoms with Crippen molar-refractivity contribution in [2.24, 2.45) is 0 Å². The molecule has 0 amide bonds. The molecule has 0 aliphatic carbocycles. The lowest BCUT2D eigenvalue weighted by Gasteiger charge is -2.03. The van der Waals surface area contributed by atoms with E-state index in [9.17, 15) is 4.79 Å². The SMILES string of the molecule is CCOC(=O)c1[nH]c(-c2ccc(C)cc2C)nc1N. The minimum Gasteiger partial charge on any atom is -0.461 e. The molecular formula is C14H17N3O2. The van der Waals surface area contributed by atoms with Crippen LogP contribution in [0.2, 0.25) is 0 Å². The molecule has 5 heteroatoms. The fraction of sp³-hybridized carbons (Fsp3) is 0.286. The summed E-state index contributed by atoms with van der Waals surface area (Å²) in [6.45, 7) is 6.06. The van der Waals surface area contributed by atoms with Gasteiger partial charge < -0.3 is 15.5 Å². The van der Waals surface area contributed by atoms with Gasteiger partial charge in [0.25, 0.3) is 0 Å². The van der Waals surface area contributed by atoms with Gasteiger partial charge in [-0.05, 0) is 26.3 Å².